The lowest BCUT2D eigenvalue weighted by Gasteiger charge is -2.20. The molecule has 1 heterocycles. The Morgan fingerprint density at radius 2 is 1.81 bits per heavy atom. The highest BCUT2D eigenvalue weighted by Crippen LogP contribution is 2.39. The molecule has 0 aliphatic carbocycles. The fraction of sp³-hybridized carbons (Fsp3) is 0.360. The Bertz CT molecular complexity index is 922. The van der Waals surface area contributed by atoms with Crippen molar-refractivity contribution in [3.05, 3.63) is 64.6 Å². The van der Waals surface area contributed by atoms with E-state index in [0.717, 1.165) is 23.4 Å². The van der Waals surface area contributed by atoms with Gasteiger partial charge in [0.25, 0.3) is 11.8 Å². The van der Waals surface area contributed by atoms with Gasteiger partial charge in [-0.05, 0) is 42.7 Å². The topological polar surface area (TPSA) is 62.6 Å². The van der Waals surface area contributed by atoms with Crippen LogP contribution in [0.4, 0.5) is 5.69 Å². The first-order chi connectivity index (χ1) is 15.1. The number of quaternary nitrogens is 1. The summed E-state index contributed by atoms with van der Waals surface area (Å²) < 4.78 is 0. The summed E-state index contributed by atoms with van der Waals surface area (Å²) in [4.78, 5) is 28.3. The van der Waals surface area contributed by atoms with Crippen molar-refractivity contribution in [2.75, 3.05) is 31.5 Å². The second-order valence-corrected chi connectivity index (χ2v) is 8.88. The lowest BCUT2D eigenvalue weighted by molar-refractivity contribution is -0.900. The zero-order chi connectivity index (χ0) is 22.1. The van der Waals surface area contributed by atoms with Crippen LogP contribution >= 0.6 is 11.8 Å². The molecule has 3 rings (SSSR count). The Morgan fingerprint density at radius 1 is 1.06 bits per heavy atom. The van der Waals surface area contributed by atoms with Crippen LogP contribution in [0.15, 0.2) is 58.3 Å². The Morgan fingerprint density at radius 3 is 2.52 bits per heavy atom. The third-order valence-electron chi connectivity index (χ3n) is 5.23. The van der Waals surface area contributed by atoms with Gasteiger partial charge in [0.15, 0.2) is 0 Å². The predicted octanol–water partition coefficient (Wildman–Crippen LogP) is 3.60. The van der Waals surface area contributed by atoms with Crippen LogP contribution in [0.3, 0.4) is 0 Å². The number of hydrogen-bond donors (Lipinski definition) is 3. The first-order valence-electron chi connectivity index (χ1n) is 11.1. The summed E-state index contributed by atoms with van der Waals surface area (Å²) in [6.45, 7) is 8.54. The largest absolute Gasteiger partial charge is 0.352 e. The molecule has 6 heteroatoms. The first kappa shape index (κ1) is 23.1. The molecule has 0 unspecified atom stereocenters. The van der Waals surface area contributed by atoms with Gasteiger partial charge in [0, 0.05) is 23.4 Å². The summed E-state index contributed by atoms with van der Waals surface area (Å²) in [7, 11) is 0. The van der Waals surface area contributed by atoms with Crippen LogP contribution < -0.4 is 15.5 Å². The summed E-state index contributed by atoms with van der Waals surface area (Å²) in [6, 6.07) is 15.3. The molecule has 0 fully saturated rings. The number of hydrogen-bond acceptors (Lipinski definition) is 3. The number of thioether (sulfide) groups is 1. The molecule has 0 atom stereocenters. The van der Waals surface area contributed by atoms with E-state index in [1.165, 1.54) is 37.7 Å². The van der Waals surface area contributed by atoms with Crippen molar-refractivity contribution in [2.45, 2.75) is 38.0 Å². The van der Waals surface area contributed by atoms with E-state index >= 15 is 0 Å². The third-order valence-corrected chi connectivity index (χ3v) is 6.33. The van der Waals surface area contributed by atoms with Crippen molar-refractivity contribution in [1.29, 1.82) is 0 Å². The standard InChI is InChI=1S/C25H31N3O2S/c1-3-14-28(15-4-2)16-8-13-26-24(29)20-11-12-22-21(18-20)27-25(30)23(31-22)17-19-9-6-5-7-10-19/h5-7,9-12,17-18H,3-4,8,13-16H2,1-2H3,(H,26,29)(H,27,30)/p+1. The van der Waals surface area contributed by atoms with Gasteiger partial charge in [-0.2, -0.15) is 0 Å². The van der Waals surface area contributed by atoms with Gasteiger partial charge >= 0.3 is 0 Å². The quantitative estimate of drug-likeness (QED) is 0.392. The van der Waals surface area contributed by atoms with Crippen molar-refractivity contribution in [3.63, 3.8) is 0 Å². The number of amides is 2. The first-order valence-corrected chi connectivity index (χ1v) is 11.9. The predicted molar refractivity (Wildman–Crippen MR) is 128 cm³/mol. The highest BCUT2D eigenvalue weighted by atomic mass is 32.2. The summed E-state index contributed by atoms with van der Waals surface area (Å²) >= 11 is 1.43. The minimum absolute atomic E-state index is 0.0970. The van der Waals surface area contributed by atoms with Crippen LogP contribution in [0.25, 0.3) is 6.08 Å². The van der Waals surface area contributed by atoms with Crippen molar-refractivity contribution in [1.82, 2.24) is 5.32 Å². The van der Waals surface area contributed by atoms with E-state index in [0.29, 0.717) is 22.7 Å². The van der Waals surface area contributed by atoms with Crippen LogP contribution in [0, 0.1) is 0 Å². The summed E-state index contributed by atoms with van der Waals surface area (Å²) in [6.07, 6.45) is 5.21. The molecule has 2 aromatic rings. The van der Waals surface area contributed by atoms with Gasteiger partial charge in [-0.1, -0.05) is 55.9 Å². The monoisotopic (exact) mass is 438 g/mol. The zero-order valence-electron chi connectivity index (χ0n) is 18.4. The van der Waals surface area contributed by atoms with Gasteiger partial charge < -0.3 is 15.5 Å². The second-order valence-electron chi connectivity index (χ2n) is 7.80. The van der Waals surface area contributed by atoms with Crippen LogP contribution in [0.1, 0.15) is 49.0 Å². The number of rotatable bonds is 10. The molecule has 0 saturated carbocycles. The highest BCUT2D eigenvalue weighted by molar-refractivity contribution is 8.04. The molecule has 0 spiro atoms. The van der Waals surface area contributed by atoms with E-state index in [2.05, 4.69) is 24.5 Å². The van der Waals surface area contributed by atoms with Gasteiger partial charge in [-0.15, -0.1) is 0 Å². The molecule has 5 nitrogen and oxygen atoms in total. The molecule has 2 amide bonds. The fourth-order valence-corrected chi connectivity index (χ4v) is 4.66. The minimum Gasteiger partial charge on any atom is -0.352 e. The molecule has 164 valence electrons. The molecule has 1 aliphatic rings. The summed E-state index contributed by atoms with van der Waals surface area (Å²) in [5, 5.41) is 5.94. The summed E-state index contributed by atoms with van der Waals surface area (Å²) in [5.74, 6) is -0.242. The number of fused-ring (bicyclic) bond motifs is 1. The van der Waals surface area contributed by atoms with E-state index in [1.54, 1.807) is 11.0 Å². The second kappa shape index (κ2) is 11.7. The SMILES string of the molecule is CCC[NH+](CCC)CCCNC(=O)c1ccc2c(c1)NC(=O)C(=Cc1ccccc1)S2. The van der Waals surface area contributed by atoms with Gasteiger partial charge in [0.1, 0.15) is 0 Å². The van der Waals surface area contributed by atoms with Crippen LogP contribution in [-0.2, 0) is 4.79 Å². The van der Waals surface area contributed by atoms with E-state index < -0.39 is 0 Å². The molecule has 3 N–H and O–H groups in total. The maximum atomic E-state index is 12.6. The summed E-state index contributed by atoms with van der Waals surface area (Å²) in [5.41, 5.74) is 2.24. The lowest BCUT2D eigenvalue weighted by Crippen LogP contribution is -3.12. The van der Waals surface area contributed by atoms with Crippen LogP contribution in [0.2, 0.25) is 0 Å². The molecule has 31 heavy (non-hydrogen) atoms. The normalized spacial score (nSPS) is 14.4. The Labute approximate surface area is 189 Å². The zero-order valence-corrected chi connectivity index (χ0v) is 19.2. The fourth-order valence-electron chi connectivity index (χ4n) is 3.73. The number of anilines is 1. The molecule has 0 saturated heterocycles. The van der Waals surface area contributed by atoms with E-state index in [9.17, 15) is 9.59 Å². The molecule has 2 aromatic carbocycles. The van der Waals surface area contributed by atoms with E-state index in [4.69, 9.17) is 0 Å². The van der Waals surface area contributed by atoms with Crippen LogP contribution in [0.5, 0.6) is 0 Å². The van der Waals surface area contributed by atoms with Gasteiger partial charge in [-0.3, -0.25) is 9.59 Å². The molecule has 1 aliphatic heterocycles. The maximum Gasteiger partial charge on any atom is 0.262 e. The van der Waals surface area contributed by atoms with E-state index in [-0.39, 0.29) is 11.8 Å². The Kier molecular flexibility index (Phi) is 8.74. The minimum atomic E-state index is -0.145. The van der Waals surface area contributed by atoms with Gasteiger partial charge in [0.05, 0.1) is 30.2 Å². The molecule has 0 radical (unpaired) electrons. The average molecular weight is 439 g/mol. The Balaban J connectivity index is 1.57. The molecule has 0 bridgehead atoms. The van der Waals surface area contributed by atoms with E-state index in [1.807, 2.05) is 48.5 Å². The van der Waals surface area contributed by atoms with Gasteiger partial charge in [0.2, 0.25) is 0 Å². The average Bonchev–Trinajstić information content (AvgIpc) is 2.77. The molecule has 0 aromatic heterocycles. The van der Waals surface area contributed by atoms with Gasteiger partial charge in [-0.25, -0.2) is 0 Å². The van der Waals surface area contributed by atoms with Crippen LogP contribution in [-0.4, -0.2) is 38.0 Å². The van der Waals surface area contributed by atoms with Crippen molar-refractivity contribution in [2.24, 2.45) is 0 Å². The number of carbonyl (C=O) groups is 2. The van der Waals surface area contributed by atoms with Crippen molar-refractivity contribution < 1.29 is 14.5 Å². The maximum absolute atomic E-state index is 12.6. The smallest absolute Gasteiger partial charge is 0.262 e. The molecular weight excluding hydrogens is 406 g/mol. The van der Waals surface area contributed by atoms with Crippen molar-refractivity contribution >= 4 is 35.3 Å². The number of benzene rings is 2. The lowest BCUT2D eigenvalue weighted by atomic mass is 10.1. The highest BCUT2D eigenvalue weighted by Gasteiger charge is 2.22. The Hall–Kier alpha value is -2.57. The number of carbonyl (C=O) groups excluding carboxylic acids is 2. The number of nitrogens with one attached hydrogen (secondary N) is 3. The van der Waals surface area contributed by atoms with Crippen molar-refractivity contribution in [3.8, 4) is 0 Å². The third kappa shape index (κ3) is 6.71. The molecular formula is C25H32N3O2S+.